The van der Waals surface area contributed by atoms with Gasteiger partial charge in [0, 0.05) is 18.8 Å². The number of piperidine rings is 1. The van der Waals surface area contributed by atoms with Gasteiger partial charge in [0.1, 0.15) is 0 Å². The monoisotopic (exact) mass is 290 g/mol. The van der Waals surface area contributed by atoms with Crippen LogP contribution in [0.2, 0.25) is 0 Å². The predicted octanol–water partition coefficient (Wildman–Crippen LogP) is 2.82. The highest BCUT2D eigenvalue weighted by molar-refractivity contribution is 5.91. The molecule has 2 unspecified atom stereocenters. The number of rotatable bonds is 3. The highest BCUT2D eigenvalue weighted by Gasteiger charge is 2.25. The van der Waals surface area contributed by atoms with E-state index in [1.807, 2.05) is 4.90 Å². The minimum atomic E-state index is -0.906. The molecule has 0 spiro atoms. The Morgan fingerprint density at radius 1 is 1.24 bits per heavy atom. The molecule has 1 aliphatic rings. The molecule has 0 aromatic heterocycles. The van der Waals surface area contributed by atoms with Gasteiger partial charge in [-0.2, -0.15) is 0 Å². The first-order valence-electron chi connectivity index (χ1n) is 7.31. The molecule has 0 radical (unpaired) electrons. The average molecular weight is 290 g/mol. The second-order valence-corrected chi connectivity index (χ2v) is 6.01. The van der Waals surface area contributed by atoms with Crippen molar-refractivity contribution in [1.29, 1.82) is 0 Å². The number of anilines is 1. The number of nitrogens with one attached hydrogen (secondary N) is 1. The highest BCUT2D eigenvalue weighted by atomic mass is 16.4. The fourth-order valence-electron chi connectivity index (χ4n) is 2.98. The number of hydrogen-bond donors (Lipinski definition) is 2. The van der Waals surface area contributed by atoms with Crippen molar-refractivity contribution in [2.75, 3.05) is 18.4 Å². The lowest BCUT2D eigenvalue weighted by atomic mass is 9.92. The lowest BCUT2D eigenvalue weighted by Gasteiger charge is -2.35. The molecule has 21 heavy (non-hydrogen) atoms. The van der Waals surface area contributed by atoms with E-state index >= 15 is 0 Å². The average Bonchev–Trinajstić information content (AvgIpc) is 2.39. The maximum Gasteiger partial charge on any atom is 0.321 e. The fourth-order valence-corrected chi connectivity index (χ4v) is 2.98. The second kappa shape index (κ2) is 6.61. The quantitative estimate of drug-likeness (QED) is 0.899. The van der Waals surface area contributed by atoms with Crippen LogP contribution in [0.4, 0.5) is 10.5 Å². The molecule has 1 aliphatic heterocycles. The van der Waals surface area contributed by atoms with Crippen molar-refractivity contribution in [2.24, 2.45) is 11.8 Å². The summed E-state index contributed by atoms with van der Waals surface area (Å²) in [6, 6.07) is 6.89. The molecule has 1 heterocycles. The minimum absolute atomic E-state index is 0.0940. The number of amides is 2. The van der Waals surface area contributed by atoms with Crippen LogP contribution < -0.4 is 5.32 Å². The molecule has 0 saturated carbocycles. The highest BCUT2D eigenvalue weighted by Crippen LogP contribution is 2.22. The molecule has 0 aliphatic carbocycles. The van der Waals surface area contributed by atoms with E-state index in [4.69, 9.17) is 5.11 Å². The van der Waals surface area contributed by atoms with E-state index in [-0.39, 0.29) is 12.5 Å². The molecule has 2 rings (SSSR count). The Balaban J connectivity index is 2.07. The van der Waals surface area contributed by atoms with Crippen LogP contribution >= 0.6 is 0 Å². The zero-order valence-corrected chi connectivity index (χ0v) is 12.5. The predicted molar refractivity (Wildman–Crippen MR) is 81.3 cm³/mol. The number of likely N-dealkylation sites (tertiary alicyclic amines) is 1. The van der Waals surface area contributed by atoms with E-state index < -0.39 is 5.97 Å². The van der Waals surface area contributed by atoms with Crippen LogP contribution in [0.15, 0.2) is 24.3 Å². The zero-order valence-electron chi connectivity index (χ0n) is 12.5. The SMILES string of the molecule is CC1CC(C)CN(C(=O)Nc2ccccc2CC(=O)O)C1. The first-order valence-corrected chi connectivity index (χ1v) is 7.31. The molecule has 1 fully saturated rings. The third-order valence-electron chi connectivity index (χ3n) is 3.76. The third kappa shape index (κ3) is 4.21. The first-order chi connectivity index (χ1) is 9.95. The molecular formula is C16H22N2O3. The molecule has 5 nitrogen and oxygen atoms in total. The molecule has 2 amide bonds. The van der Waals surface area contributed by atoms with E-state index in [0.29, 0.717) is 23.1 Å². The molecule has 2 atom stereocenters. The largest absolute Gasteiger partial charge is 0.481 e. The standard InChI is InChI=1S/C16H22N2O3/c1-11-7-12(2)10-18(9-11)16(21)17-14-6-4-3-5-13(14)8-15(19)20/h3-6,11-12H,7-10H2,1-2H3,(H,17,21)(H,19,20). The maximum atomic E-state index is 12.4. The Morgan fingerprint density at radius 2 is 1.86 bits per heavy atom. The smallest absolute Gasteiger partial charge is 0.321 e. The normalized spacial score (nSPS) is 21.9. The summed E-state index contributed by atoms with van der Waals surface area (Å²) < 4.78 is 0. The van der Waals surface area contributed by atoms with Crippen LogP contribution in [-0.4, -0.2) is 35.1 Å². The maximum absolute atomic E-state index is 12.4. The second-order valence-electron chi connectivity index (χ2n) is 6.01. The van der Waals surface area contributed by atoms with E-state index in [1.165, 1.54) is 0 Å². The van der Waals surface area contributed by atoms with E-state index in [9.17, 15) is 9.59 Å². The van der Waals surface area contributed by atoms with Gasteiger partial charge in [-0.15, -0.1) is 0 Å². The molecule has 5 heteroatoms. The van der Waals surface area contributed by atoms with Crippen LogP contribution in [0, 0.1) is 11.8 Å². The van der Waals surface area contributed by atoms with Crippen LogP contribution in [0.1, 0.15) is 25.8 Å². The number of carboxylic acid groups (broad SMARTS) is 1. The molecule has 1 aromatic carbocycles. The van der Waals surface area contributed by atoms with E-state index in [1.54, 1.807) is 24.3 Å². The number of hydrogen-bond acceptors (Lipinski definition) is 2. The van der Waals surface area contributed by atoms with E-state index in [0.717, 1.165) is 19.5 Å². The number of nitrogens with zero attached hydrogens (tertiary/aromatic N) is 1. The molecule has 1 aromatic rings. The van der Waals surface area contributed by atoms with Gasteiger partial charge in [0.2, 0.25) is 0 Å². The summed E-state index contributed by atoms with van der Waals surface area (Å²) in [4.78, 5) is 25.1. The lowest BCUT2D eigenvalue weighted by molar-refractivity contribution is -0.136. The number of carbonyl (C=O) groups is 2. The van der Waals surface area contributed by atoms with Gasteiger partial charge in [-0.25, -0.2) is 4.79 Å². The van der Waals surface area contributed by atoms with Crippen molar-refractivity contribution in [3.63, 3.8) is 0 Å². The molecule has 2 N–H and O–H groups in total. The van der Waals surface area contributed by atoms with Crippen LogP contribution in [0.3, 0.4) is 0 Å². The Labute approximate surface area is 125 Å². The molecule has 0 bridgehead atoms. The number of para-hydroxylation sites is 1. The number of carbonyl (C=O) groups excluding carboxylic acids is 1. The van der Waals surface area contributed by atoms with Crippen LogP contribution in [0.5, 0.6) is 0 Å². The zero-order chi connectivity index (χ0) is 15.4. The Bertz CT molecular complexity index is 520. The van der Waals surface area contributed by atoms with Gasteiger partial charge < -0.3 is 15.3 Å². The lowest BCUT2D eigenvalue weighted by Crippen LogP contribution is -2.44. The topological polar surface area (TPSA) is 69.6 Å². The Kier molecular flexibility index (Phi) is 4.83. The van der Waals surface area contributed by atoms with Gasteiger partial charge in [0.25, 0.3) is 0 Å². The number of carboxylic acids is 1. The van der Waals surface area contributed by atoms with Crippen LogP contribution in [-0.2, 0) is 11.2 Å². The van der Waals surface area contributed by atoms with Crippen LogP contribution in [0.25, 0.3) is 0 Å². The molecular weight excluding hydrogens is 268 g/mol. The molecule has 114 valence electrons. The first kappa shape index (κ1) is 15.4. The number of aliphatic carboxylic acids is 1. The van der Waals surface area contributed by atoms with Crippen molar-refractivity contribution < 1.29 is 14.7 Å². The van der Waals surface area contributed by atoms with Crippen molar-refractivity contribution in [2.45, 2.75) is 26.7 Å². The van der Waals surface area contributed by atoms with Gasteiger partial charge in [-0.05, 0) is 29.9 Å². The van der Waals surface area contributed by atoms with Gasteiger partial charge in [0.15, 0.2) is 0 Å². The number of urea groups is 1. The summed E-state index contributed by atoms with van der Waals surface area (Å²) in [5.74, 6) is 0.0828. The minimum Gasteiger partial charge on any atom is -0.481 e. The van der Waals surface area contributed by atoms with Crippen molar-refractivity contribution >= 4 is 17.7 Å². The van der Waals surface area contributed by atoms with Crippen molar-refractivity contribution in [3.8, 4) is 0 Å². The van der Waals surface area contributed by atoms with Gasteiger partial charge in [-0.1, -0.05) is 32.0 Å². The summed E-state index contributed by atoms with van der Waals surface area (Å²) in [5, 5.41) is 11.8. The van der Waals surface area contributed by atoms with Crippen molar-refractivity contribution in [1.82, 2.24) is 4.90 Å². The summed E-state index contributed by atoms with van der Waals surface area (Å²) in [6.45, 7) is 5.79. The summed E-state index contributed by atoms with van der Waals surface area (Å²) in [5.41, 5.74) is 1.20. The fraction of sp³-hybridized carbons (Fsp3) is 0.500. The van der Waals surface area contributed by atoms with Crippen molar-refractivity contribution in [3.05, 3.63) is 29.8 Å². The summed E-state index contributed by atoms with van der Waals surface area (Å²) >= 11 is 0. The molecule has 1 saturated heterocycles. The number of benzene rings is 1. The summed E-state index contributed by atoms with van der Waals surface area (Å²) in [7, 11) is 0. The van der Waals surface area contributed by atoms with Gasteiger partial charge in [0.05, 0.1) is 6.42 Å². The summed E-state index contributed by atoms with van der Waals surface area (Å²) in [6.07, 6.45) is 1.04. The van der Waals surface area contributed by atoms with Gasteiger partial charge in [-0.3, -0.25) is 4.79 Å². The Hall–Kier alpha value is -2.04. The van der Waals surface area contributed by atoms with E-state index in [2.05, 4.69) is 19.2 Å². The Morgan fingerprint density at radius 3 is 2.48 bits per heavy atom. The third-order valence-corrected chi connectivity index (χ3v) is 3.76. The van der Waals surface area contributed by atoms with Gasteiger partial charge >= 0.3 is 12.0 Å².